The van der Waals surface area contributed by atoms with Crippen molar-refractivity contribution in [2.24, 2.45) is 5.92 Å². The summed E-state index contributed by atoms with van der Waals surface area (Å²) in [7, 11) is 0. The number of piperidine rings is 1. The molecule has 3 aromatic rings. The molecule has 4 N–H and O–H groups in total. The molecule has 1 unspecified atom stereocenters. The Kier molecular flexibility index (Phi) is 7.01. The zero-order valence-corrected chi connectivity index (χ0v) is 20.1. The van der Waals surface area contributed by atoms with Crippen molar-refractivity contribution in [3.8, 4) is 5.75 Å². The van der Waals surface area contributed by atoms with Gasteiger partial charge in [-0.05, 0) is 79.5 Å². The summed E-state index contributed by atoms with van der Waals surface area (Å²) < 4.78 is 6.15. The number of anilines is 3. The fourth-order valence-electron chi connectivity index (χ4n) is 4.40. The Bertz CT molecular complexity index is 1210. The number of nitrogens with zero attached hydrogens (tertiary/aromatic N) is 2. The zero-order valence-electron chi connectivity index (χ0n) is 20.1. The van der Waals surface area contributed by atoms with Crippen molar-refractivity contribution >= 4 is 39.7 Å². The lowest BCUT2D eigenvalue weighted by molar-refractivity contribution is -0.123. The van der Waals surface area contributed by atoms with Crippen LogP contribution >= 0.6 is 0 Å². The van der Waals surface area contributed by atoms with Gasteiger partial charge in [-0.25, -0.2) is 4.98 Å². The van der Waals surface area contributed by atoms with E-state index < -0.39 is 6.10 Å². The van der Waals surface area contributed by atoms with Crippen LogP contribution in [0.3, 0.4) is 0 Å². The number of amidine groups is 1. The minimum Gasteiger partial charge on any atom is -0.481 e. The molecule has 178 valence electrons. The van der Waals surface area contributed by atoms with E-state index in [-0.39, 0.29) is 11.8 Å². The third-order valence-corrected chi connectivity index (χ3v) is 6.15. The number of hydrogen-bond donors (Lipinski definition) is 3. The summed E-state index contributed by atoms with van der Waals surface area (Å²) in [4.78, 5) is 19.4. The molecule has 0 spiro atoms. The number of pyridine rings is 1. The number of nitrogen functional groups attached to an aromatic ring is 1. The largest absolute Gasteiger partial charge is 0.481 e. The Morgan fingerprint density at radius 2 is 2.03 bits per heavy atom. The first-order chi connectivity index (χ1) is 16.3. The van der Waals surface area contributed by atoms with Gasteiger partial charge in [0.05, 0.1) is 0 Å². The van der Waals surface area contributed by atoms with E-state index in [2.05, 4.69) is 29.0 Å². The summed E-state index contributed by atoms with van der Waals surface area (Å²) in [5.74, 6) is 1.76. The Morgan fingerprint density at radius 3 is 2.76 bits per heavy atom. The maximum absolute atomic E-state index is 13.2. The number of nitrogens with one attached hydrogen (secondary N) is 2. The van der Waals surface area contributed by atoms with E-state index in [9.17, 15) is 4.79 Å². The number of benzene rings is 2. The highest BCUT2D eigenvalue weighted by Crippen LogP contribution is 2.29. The fourth-order valence-corrected chi connectivity index (χ4v) is 4.40. The minimum absolute atomic E-state index is 0.189. The first-order valence-corrected chi connectivity index (χ1v) is 11.9. The Balaban J connectivity index is 1.51. The molecule has 1 aliphatic rings. The van der Waals surface area contributed by atoms with E-state index in [0.29, 0.717) is 23.8 Å². The zero-order chi connectivity index (χ0) is 24.2. The predicted molar refractivity (Wildman–Crippen MR) is 139 cm³/mol. The minimum atomic E-state index is -0.648. The molecule has 0 saturated carbocycles. The van der Waals surface area contributed by atoms with Gasteiger partial charge in [-0.15, -0.1) is 0 Å². The Morgan fingerprint density at radius 1 is 1.21 bits per heavy atom. The van der Waals surface area contributed by atoms with Crippen LogP contribution in [0.4, 0.5) is 17.2 Å². The molecule has 1 aromatic heterocycles. The van der Waals surface area contributed by atoms with Gasteiger partial charge >= 0.3 is 0 Å². The van der Waals surface area contributed by atoms with Gasteiger partial charge in [-0.1, -0.05) is 19.9 Å². The Hall–Kier alpha value is -3.61. The maximum atomic E-state index is 13.2. The smallest absolute Gasteiger partial charge is 0.265 e. The predicted octanol–water partition coefficient (Wildman–Crippen LogP) is 5.53. The number of carbonyl (C=O) groups excluding carboxylic acids is 1. The highest BCUT2D eigenvalue weighted by molar-refractivity contribution is 5.98. The second kappa shape index (κ2) is 10.1. The molecular weight excluding hydrogens is 426 g/mol. The van der Waals surface area contributed by atoms with Gasteiger partial charge in [0.25, 0.3) is 5.91 Å². The molecule has 0 bridgehead atoms. The summed E-state index contributed by atoms with van der Waals surface area (Å²) in [5, 5.41) is 13.1. The van der Waals surface area contributed by atoms with E-state index in [1.165, 1.54) is 0 Å². The normalized spacial score (nSPS) is 14.9. The van der Waals surface area contributed by atoms with Crippen molar-refractivity contribution in [2.45, 2.75) is 52.6 Å². The van der Waals surface area contributed by atoms with Gasteiger partial charge in [-0.3, -0.25) is 10.2 Å². The first-order valence-electron chi connectivity index (χ1n) is 11.9. The van der Waals surface area contributed by atoms with Gasteiger partial charge in [0.1, 0.15) is 17.4 Å². The molecule has 0 radical (unpaired) electrons. The monoisotopic (exact) mass is 459 g/mol. The van der Waals surface area contributed by atoms with Crippen LogP contribution < -0.4 is 20.7 Å². The van der Waals surface area contributed by atoms with Gasteiger partial charge in [-0.2, -0.15) is 0 Å². The molecule has 7 heteroatoms. The van der Waals surface area contributed by atoms with Crippen LogP contribution in [0.15, 0.2) is 48.7 Å². The number of carbonyl (C=O) groups is 1. The maximum Gasteiger partial charge on any atom is 0.265 e. The standard InChI is InChI=1S/C27H33N5O2/c1-17(2)14-24(34-21-9-7-19-11-12-30-26(29)22(19)16-21)27(33)31-20-8-10-23(18(3)15-20)32-13-5-4-6-25(32)28/h7-12,15-17,24,28H,4-6,13-14H2,1-3H3,(H2,29,30)(H,31,33). The fraction of sp³-hybridized carbons (Fsp3) is 0.370. The second-order valence-corrected chi connectivity index (χ2v) is 9.36. The van der Waals surface area contributed by atoms with Crippen molar-refractivity contribution < 1.29 is 9.53 Å². The van der Waals surface area contributed by atoms with E-state index in [1.54, 1.807) is 6.20 Å². The number of hydrogen-bond acceptors (Lipinski definition) is 5. The van der Waals surface area contributed by atoms with Crippen LogP contribution in [0.25, 0.3) is 10.8 Å². The van der Waals surface area contributed by atoms with E-state index >= 15 is 0 Å². The van der Waals surface area contributed by atoms with Crippen LogP contribution in [0.1, 0.15) is 45.1 Å². The molecule has 2 heterocycles. The van der Waals surface area contributed by atoms with Crippen LogP contribution in [0.2, 0.25) is 0 Å². The molecule has 1 amide bonds. The number of amides is 1. The average Bonchev–Trinajstić information content (AvgIpc) is 2.80. The quantitative estimate of drug-likeness (QED) is 0.431. The lowest BCUT2D eigenvalue weighted by atomic mass is 10.0. The number of aromatic nitrogens is 1. The van der Waals surface area contributed by atoms with Crippen molar-refractivity contribution in [1.82, 2.24) is 4.98 Å². The van der Waals surface area contributed by atoms with Gasteiger partial charge < -0.3 is 20.7 Å². The molecular formula is C27H33N5O2. The first kappa shape index (κ1) is 23.5. The second-order valence-electron chi connectivity index (χ2n) is 9.36. The molecule has 2 aromatic carbocycles. The van der Waals surface area contributed by atoms with Crippen LogP contribution in [0, 0.1) is 18.3 Å². The highest BCUT2D eigenvalue weighted by atomic mass is 16.5. The molecule has 7 nitrogen and oxygen atoms in total. The number of ether oxygens (including phenoxy) is 1. The van der Waals surface area contributed by atoms with Crippen molar-refractivity contribution in [3.63, 3.8) is 0 Å². The highest BCUT2D eigenvalue weighted by Gasteiger charge is 2.23. The van der Waals surface area contributed by atoms with Crippen LogP contribution in [-0.2, 0) is 4.79 Å². The number of rotatable bonds is 7. The van der Waals surface area contributed by atoms with Gasteiger partial charge in [0.15, 0.2) is 6.10 Å². The molecule has 34 heavy (non-hydrogen) atoms. The average molecular weight is 460 g/mol. The number of nitrogens with two attached hydrogens (primary N) is 1. The van der Waals surface area contributed by atoms with Crippen molar-refractivity contribution in [3.05, 3.63) is 54.2 Å². The van der Waals surface area contributed by atoms with Gasteiger partial charge in [0, 0.05) is 35.9 Å². The van der Waals surface area contributed by atoms with E-state index in [4.69, 9.17) is 15.9 Å². The molecule has 1 saturated heterocycles. The SMILES string of the molecule is Cc1cc(NC(=O)C(CC(C)C)Oc2ccc3ccnc(N)c3c2)ccc1N1CCCCC1=N. The topological polar surface area (TPSA) is 104 Å². The molecule has 1 atom stereocenters. The van der Waals surface area contributed by atoms with Crippen LogP contribution in [-0.4, -0.2) is 29.4 Å². The lowest BCUT2D eigenvalue weighted by Crippen LogP contribution is -2.35. The van der Waals surface area contributed by atoms with E-state index in [0.717, 1.165) is 53.5 Å². The molecule has 1 fully saturated rings. The molecule has 1 aliphatic heterocycles. The third-order valence-electron chi connectivity index (χ3n) is 6.15. The molecule has 0 aliphatic carbocycles. The van der Waals surface area contributed by atoms with Crippen molar-refractivity contribution in [2.75, 3.05) is 22.5 Å². The lowest BCUT2D eigenvalue weighted by Gasteiger charge is -2.30. The molecule has 4 rings (SSSR count). The Labute approximate surface area is 200 Å². The summed E-state index contributed by atoms with van der Waals surface area (Å²) in [6, 6.07) is 13.4. The number of fused-ring (bicyclic) bond motifs is 1. The van der Waals surface area contributed by atoms with E-state index in [1.807, 2.05) is 49.4 Å². The van der Waals surface area contributed by atoms with Crippen molar-refractivity contribution in [1.29, 1.82) is 5.41 Å². The summed E-state index contributed by atoms with van der Waals surface area (Å²) in [5.41, 5.74) is 8.80. The summed E-state index contributed by atoms with van der Waals surface area (Å²) >= 11 is 0. The van der Waals surface area contributed by atoms with Gasteiger partial charge in [0.2, 0.25) is 0 Å². The summed E-state index contributed by atoms with van der Waals surface area (Å²) in [6.07, 6.45) is 4.57. The third kappa shape index (κ3) is 5.30. The van der Waals surface area contributed by atoms with Crippen LogP contribution in [0.5, 0.6) is 5.75 Å². The number of aryl methyl sites for hydroxylation is 1. The summed E-state index contributed by atoms with van der Waals surface area (Å²) in [6.45, 7) is 7.01.